The maximum atomic E-state index is 11.8. The number of imidazole rings is 1. The first-order valence-corrected chi connectivity index (χ1v) is 7.29. The largest absolute Gasteiger partial charge is 0.347 e. The van der Waals surface area contributed by atoms with E-state index in [1.807, 2.05) is 0 Å². The van der Waals surface area contributed by atoms with Crippen LogP contribution in [-0.2, 0) is 23.6 Å². The number of rotatable bonds is 4. The molecule has 1 aromatic carbocycles. The molecule has 1 aromatic heterocycles. The Kier molecular flexibility index (Phi) is 3.86. The molecule has 0 aliphatic rings. The zero-order chi connectivity index (χ0) is 14.8. The van der Waals surface area contributed by atoms with E-state index in [1.165, 1.54) is 18.5 Å². The fourth-order valence-electron chi connectivity index (χ4n) is 1.64. The van der Waals surface area contributed by atoms with Crippen molar-refractivity contribution in [3.8, 4) is 0 Å². The molecule has 0 saturated heterocycles. The molecule has 1 amide bonds. The topological polar surface area (TPSA) is 107 Å². The lowest BCUT2D eigenvalue weighted by Crippen LogP contribution is -2.23. The Morgan fingerprint density at radius 2 is 2.20 bits per heavy atom. The van der Waals surface area contributed by atoms with Crippen LogP contribution in [0.3, 0.4) is 0 Å². The summed E-state index contributed by atoms with van der Waals surface area (Å²) >= 11 is 0. The number of hydrogen-bond donors (Lipinski definition) is 2. The SMILES string of the molecule is Cn1cnc(C(=O)NCc2cccc(S(N)(=O)=O)c2)c1. The zero-order valence-corrected chi connectivity index (χ0v) is 11.6. The molecule has 0 saturated carbocycles. The van der Waals surface area contributed by atoms with E-state index in [2.05, 4.69) is 10.3 Å². The van der Waals surface area contributed by atoms with Crippen molar-refractivity contribution in [2.24, 2.45) is 12.2 Å². The van der Waals surface area contributed by atoms with Crippen molar-refractivity contribution in [3.63, 3.8) is 0 Å². The molecular formula is C12H14N4O3S. The fraction of sp³-hybridized carbons (Fsp3) is 0.167. The van der Waals surface area contributed by atoms with Gasteiger partial charge in [-0.2, -0.15) is 0 Å². The molecule has 0 fully saturated rings. The van der Waals surface area contributed by atoms with Crippen LogP contribution in [0.1, 0.15) is 16.1 Å². The van der Waals surface area contributed by atoms with E-state index in [4.69, 9.17) is 5.14 Å². The van der Waals surface area contributed by atoms with Crippen LogP contribution in [0.15, 0.2) is 41.7 Å². The van der Waals surface area contributed by atoms with Crippen molar-refractivity contribution in [1.29, 1.82) is 0 Å². The van der Waals surface area contributed by atoms with Crippen LogP contribution in [0.25, 0.3) is 0 Å². The first-order chi connectivity index (χ1) is 9.36. The lowest BCUT2D eigenvalue weighted by Gasteiger charge is -2.05. The molecule has 20 heavy (non-hydrogen) atoms. The van der Waals surface area contributed by atoms with Gasteiger partial charge in [-0.3, -0.25) is 4.79 Å². The van der Waals surface area contributed by atoms with Gasteiger partial charge in [-0.1, -0.05) is 12.1 Å². The summed E-state index contributed by atoms with van der Waals surface area (Å²) in [6, 6.07) is 6.10. The van der Waals surface area contributed by atoms with E-state index >= 15 is 0 Å². The summed E-state index contributed by atoms with van der Waals surface area (Å²) in [5.74, 6) is -0.327. The van der Waals surface area contributed by atoms with Crippen LogP contribution in [0.5, 0.6) is 0 Å². The maximum Gasteiger partial charge on any atom is 0.271 e. The fourth-order valence-corrected chi connectivity index (χ4v) is 2.22. The second-order valence-electron chi connectivity index (χ2n) is 4.30. The standard InChI is InChI=1S/C12H14N4O3S/c1-16-7-11(15-8-16)12(17)14-6-9-3-2-4-10(5-9)20(13,18)19/h2-5,7-8H,6H2,1H3,(H,14,17)(H2,13,18,19). The number of nitrogens with two attached hydrogens (primary N) is 1. The molecular weight excluding hydrogens is 280 g/mol. The van der Waals surface area contributed by atoms with E-state index in [0.717, 1.165) is 0 Å². The summed E-state index contributed by atoms with van der Waals surface area (Å²) in [4.78, 5) is 15.7. The third-order valence-corrected chi connectivity index (χ3v) is 3.53. The number of hydrogen-bond acceptors (Lipinski definition) is 4. The number of aromatic nitrogens is 2. The normalized spacial score (nSPS) is 11.3. The first-order valence-electron chi connectivity index (χ1n) is 5.74. The molecule has 0 aliphatic carbocycles. The lowest BCUT2D eigenvalue weighted by molar-refractivity contribution is 0.0946. The number of sulfonamides is 1. The number of nitrogens with zero attached hydrogens (tertiary/aromatic N) is 2. The second-order valence-corrected chi connectivity index (χ2v) is 5.86. The van der Waals surface area contributed by atoms with Gasteiger partial charge in [0.2, 0.25) is 10.0 Å². The monoisotopic (exact) mass is 294 g/mol. The third-order valence-electron chi connectivity index (χ3n) is 2.62. The Bertz CT molecular complexity index is 737. The van der Waals surface area contributed by atoms with Crippen molar-refractivity contribution in [2.45, 2.75) is 11.4 Å². The van der Waals surface area contributed by atoms with E-state index < -0.39 is 10.0 Å². The van der Waals surface area contributed by atoms with Crippen LogP contribution in [0, 0.1) is 0 Å². The number of amides is 1. The zero-order valence-electron chi connectivity index (χ0n) is 10.8. The van der Waals surface area contributed by atoms with Gasteiger partial charge in [-0.15, -0.1) is 0 Å². The van der Waals surface area contributed by atoms with E-state index in [0.29, 0.717) is 11.3 Å². The number of carbonyl (C=O) groups excluding carboxylic acids is 1. The van der Waals surface area contributed by atoms with Gasteiger partial charge in [0.1, 0.15) is 5.69 Å². The van der Waals surface area contributed by atoms with Crippen LogP contribution in [-0.4, -0.2) is 23.9 Å². The summed E-state index contributed by atoms with van der Waals surface area (Å²) < 4.78 is 24.1. The van der Waals surface area contributed by atoms with Crippen LogP contribution < -0.4 is 10.5 Å². The summed E-state index contributed by atoms with van der Waals surface area (Å²) in [5, 5.41) is 7.70. The van der Waals surface area contributed by atoms with Crippen molar-refractivity contribution in [1.82, 2.24) is 14.9 Å². The molecule has 0 aliphatic heterocycles. The van der Waals surface area contributed by atoms with Crippen LogP contribution in [0.4, 0.5) is 0 Å². The van der Waals surface area contributed by atoms with Gasteiger partial charge in [0.05, 0.1) is 11.2 Å². The molecule has 0 radical (unpaired) electrons. The highest BCUT2D eigenvalue weighted by molar-refractivity contribution is 7.89. The summed E-state index contributed by atoms with van der Waals surface area (Å²) in [7, 11) is -1.98. The highest BCUT2D eigenvalue weighted by Gasteiger charge is 2.10. The first kappa shape index (κ1) is 14.2. The van der Waals surface area contributed by atoms with E-state index in [-0.39, 0.29) is 17.3 Å². The molecule has 0 atom stereocenters. The van der Waals surface area contributed by atoms with Crippen molar-refractivity contribution in [2.75, 3.05) is 0 Å². The van der Waals surface area contributed by atoms with Gasteiger partial charge >= 0.3 is 0 Å². The van der Waals surface area contributed by atoms with E-state index in [1.54, 1.807) is 29.9 Å². The van der Waals surface area contributed by atoms with Crippen LogP contribution in [0.2, 0.25) is 0 Å². The van der Waals surface area contributed by atoms with Gasteiger partial charge in [-0.25, -0.2) is 18.5 Å². The Balaban J connectivity index is 2.06. The molecule has 0 unspecified atom stereocenters. The molecule has 8 heteroatoms. The molecule has 2 rings (SSSR count). The summed E-state index contributed by atoms with van der Waals surface area (Å²) in [5.41, 5.74) is 0.941. The van der Waals surface area contributed by atoms with Gasteiger partial charge in [0.15, 0.2) is 0 Å². The smallest absolute Gasteiger partial charge is 0.271 e. The Hall–Kier alpha value is -2.19. The molecule has 2 aromatic rings. The Labute approximate surface area is 116 Å². The average molecular weight is 294 g/mol. The highest BCUT2D eigenvalue weighted by atomic mass is 32.2. The predicted molar refractivity (Wildman–Crippen MR) is 72.2 cm³/mol. The highest BCUT2D eigenvalue weighted by Crippen LogP contribution is 2.09. The number of aryl methyl sites for hydroxylation is 1. The minimum Gasteiger partial charge on any atom is -0.347 e. The Morgan fingerprint density at radius 3 is 2.80 bits per heavy atom. The predicted octanol–water partition coefficient (Wildman–Crippen LogP) is -0.00250. The Morgan fingerprint density at radius 1 is 1.45 bits per heavy atom. The minimum absolute atomic E-state index is 0.0158. The second kappa shape index (κ2) is 5.43. The quantitative estimate of drug-likeness (QED) is 0.827. The van der Waals surface area contributed by atoms with Gasteiger partial charge in [-0.05, 0) is 17.7 Å². The molecule has 0 spiro atoms. The number of benzene rings is 1. The van der Waals surface area contributed by atoms with Gasteiger partial charge < -0.3 is 9.88 Å². The summed E-state index contributed by atoms with van der Waals surface area (Å²) in [6.07, 6.45) is 3.12. The lowest BCUT2D eigenvalue weighted by atomic mass is 10.2. The third kappa shape index (κ3) is 3.43. The van der Waals surface area contributed by atoms with Crippen molar-refractivity contribution in [3.05, 3.63) is 48.0 Å². The van der Waals surface area contributed by atoms with Gasteiger partial charge in [0, 0.05) is 19.8 Å². The molecule has 3 N–H and O–H groups in total. The molecule has 106 valence electrons. The van der Waals surface area contributed by atoms with Crippen molar-refractivity contribution < 1.29 is 13.2 Å². The number of carbonyl (C=O) groups is 1. The minimum atomic E-state index is -3.74. The molecule has 1 heterocycles. The molecule has 0 bridgehead atoms. The van der Waals surface area contributed by atoms with E-state index in [9.17, 15) is 13.2 Å². The average Bonchev–Trinajstić information content (AvgIpc) is 2.82. The van der Waals surface area contributed by atoms with Crippen molar-refractivity contribution >= 4 is 15.9 Å². The number of primary sulfonamides is 1. The molecule has 7 nitrogen and oxygen atoms in total. The van der Waals surface area contributed by atoms with Gasteiger partial charge in [0.25, 0.3) is 5.91 Å². The van der Waals surface area contributed by atoms with Crippen LogP contribution >= 0.6 is 0 Å². The maximum absolute atomic E-state index is 11.8. The summed E-state index contributed by atoms with van der Waals surface area (Å²) in [6.45, 7) is 0.193. The number of nitrogens with one attached hydrogen (secondary N) is 1.